The predicted molar refractivity (Wildman–Crippen MR) is 92.8 cm³/mol. The van der Waals surface area contributed by atoms with Gasteiger partial charge in [0.1, 0.15) is 17.1 Å². The standard InChI is InChI=1S/C17H12Cl2N2O3/c1-10-15(16(21-24-10)13-4-2-3-5-14(13)19)20-17(22)23-12-8-6-11(18)7-9-12/h2-9H,1H3,(H,20,22). The van der Waals surface area contributed by atoms with Gasteiger partial charge in [0.25, 0.3) is 0 Å². The van der Waals surface area contributed by atoms with Gasteiger partial charge in [-0.3, -0.25) is 5.32 Å². The minimum atomic E-state index is -0.670. The number of hydrogen-bond acceptors (Lipinski definition) is 4. The molecule has 0 atom stereocenters. The van der Waals surface area contributed by atoms with E-state index < -0.39 is 6.09 Å². The van der Waals surface area contributed by atoms with E-state index in [2.05, 4.69) is 10.5 Å². The summed E-state index contributed by atoms with van der Waals surface area (Å²) < 4.78 is 10.4. The minimum Gasteiger partial charge on any atom is -0.410 e. The van der Waals surface area contributed by atoms with Crippen molar-refractivity contribution in [1.82, 2.24) is 5.16 Å². The van der Waals surface area contributed by atoms with Crippen LogP contribution in [0.3, 0.4) is 0 Å². The molecule has 0 aliphatic rings. The van der Waals surface area contributed by atoms with Crippen LogP contribution in [-0.4, -0.2) is 11.2 Å². The lowest BCUT2D eigenvalue weighted by Crippen LogP contribution is -2.17. The van der Waals surface area contributed by atoms with Gasteiger partial charge >= 0.3 is 6.09 Å². The van der Waals surface area contributed by atoms with E-state index in [-0.39, 0.29) is 0 Å². The fraction of sp³-hybridized carbons (Fsp3) is 0.0588. The van der Waals surface area contributed by atoms with Crippen LogP contribution >= 0.6 is 23.2 Å². The third kappa shape index (κ3) is 3.53. The summed E-state index contributed by atoms with van der Waals surface area (Å²) in [5.74, 6) is 0.809. The van der Waals surface area contributed by atoms with Crippen molar-refractivity contribution in [2.75, 3.05) is 5.32 Å². The Morgan fingerprint density at radius 3 is 2.54 bits per heavy atom. The third-order valence-corrected chi connectivity index (χ3v) is 3.82. The molecule has 5 nitrogen and oxygen atoms in total. The largest absolute Gasteiger partial charge is 0.417 e. The van der Waals surface area contributed by atoms with Gasteiger partial charge in [0.05, 0.1) is 5.02 Å². The van der Waals surface area contributed by atoms with Gasteiger partial charge in [0.15, 0.2) is 5.76 Å². The Bertz CT molecular complexity index is 876. The van der Waals surface area contributed by atoms with E-state index in [0.717, 1.165) is 0 Å². The van der Waals surface area contributed by atoms with E-state index in [9.17, 15) is 4.79 Å². The van der Waals surface area contributed by atoms with Crippen molar-refractivity contribution in [3.63, 3.8) is 0 Å². The molecule has 0 saturated heterocycles. The van der Waals surface area contributed by atoms with Gasteiger partial charge in [-0.1, -0.05) is 46.6 Å². The lowest BCUT2D eigenvalue weighted by atomic mass is 10.1. The van der Waals surface area contributed by atoms with Gasteiger partial charge < -0.3 is 9.26 Å². The molecule has 0 spiro atoms. The first-order chi connectivity index (χ1) is 11.5. The molecule has 3 rings (SSSR count). The van der Waals surface area contributed by atoms with Crippen molar-refractivity contribution in [3.05, 3.63) is 64.3 Å². The van der Waals surface area contributed by atoms with Gasteiger partial charge in [-0.2, -0.15) is 0 Å². The molecule has 0 saturated carbocycles. The van der Waals surface area contributed by atoms with Crippen molar-refractivity contribution in [1.29, 1.82) is 0 Å². The van der Waals surface area contributed by atoms with Crippen molar-refractivity contribution in [3.8, 4) is 17.0 Å². The zero-order chi connectivity index (χ0) is 17.1. The number of nitrogens with zero attached hydrogens (tertiary/aromatic N) is 1. The third-order valence-electron chi connectivity index (χ3n) is 3.24. The van der Waals surface area contributed by atoms with E-state index in [4.69, 9.17) is 32.5 Å². The van der Waals surface area contributed by atoms with Crippen LogP contribution in [0.15, 0.2) is 53.1 Å². The second-order valence-corrected chi connectivity index (χ2v) is 5.75. The lowest BCUT2D eigenvalue weighted by Gasteiger charge is -2.08. The molecule has 0 aliphatic heterocycles. The van der Waals surface area contributed by atoms with Gasteiger partial charge in [-0.15, -0.1) is 0 Å². The van der Waals surface area contributed by atoms with Crippen LogP contribution in [0.4, 0.5) is 10.5 Å². The summed E-state index contributed by atoms with van der Waals surface area (Å²) in [5, 5.41) is 7.66. The zero-order valence-electron chi connectivity index (χ0n) is 12.5. The van der Waals surface area contributed by atoms with Crippen LogP contribution in [0.25, 0.3) is 11.3 Å². The first-order valence-electron chi connectivity index (χ1n) is 7.00. The maximum absolute atomic E-state index is 12.1. The van der Waals surface area contributed by atoms with Gasteiger partial charge in [0.2, 0.25) is 0 Å². The molecule has 122 valence electrons. The van der Waals surface area contributed by atoms with Crippen LogP contribution in [0.5, 0.6) is 5.75 Å². The van der Waals surface area contributed by atoms with Crippen molar-refractivity contribution >= 4 is 35.0 Å². The molecule has 0 bridgehead atoms. The van der Waals surface area contributed by atoms with Crippen LogP contribution in [0.1, 0.15) is 5.76 Å². The Morgan fingerprint density at radius 2 is 1.83 bits per heavy atom. The molecule has 0 unspecified atom stereocenters. The summed E-state index contributed by atoms with van der Waals surface area (Å²) in [4.78, 5) is 12.1. The Labute approximate surface area is 148 Å². The fourth-order valence-electron chi connectivity index (χ4n) is 2.09. The second-order valence-electron chi connectivity index (χ2n) is 4.91. The molecule has 1 N–H and O–H groups in total. The number of aryl methyl sites for hydroxylation is 1. The highest BCUT2D eigenvalue weighted by Crippen LogP contribution is 2.34. The molecule has 1 heterocycles. The molecule has 3 aromatic rings. The number of amides is 1. The molecule has 2 aromatic carbocycles. The lowest BCUT2D eigenvalue weighted by molar-refractivity contribution is 0.215. The summed E-state index contributed by atoms with van der Waals surface area (Å²) >= 11 is 12.0. The summed E-state index contributed by atoms with van der Waals surface area (Å²) in [7, 11) is 0. The molecule has 7 heteroatoms. The average molecular weight is 363 g/mol. The molecule has 1 aromatic heterocycles. The highest BCUT2D eigenvalue weighted by molar-refractivity contribution is 6.33. The molecule has 1 amide bonds. The van der Waals surface area contributed by atoms with Crippen LogP contribution < -0.4 is 10.1 Å². The number of halogens is 2. The van der Waals surface area contributed by atoms with Gasteiger partial charge in [0, 0.05) is 10.6 Å². The number of ether oxygens (including phenoxy) is 1. The molecule has 0 aliphatic carbocycles. The number of benzene rings is 2. The summed E-state index contributed by atoms with van der Waals surface area (Å²) in [5.41, 5.74) is 1.49. The average Bonchev–Trinajstić information content (AvgIpc) is 2.91. The normalized spacial score (nSPS) is 10.5. The van der Waals surface area contributed by atoms with E-state index in [0.29, 0.717) is 38.5 Å². The number of nitrogens with one attached hydrogen (secondary N) is 1. The summed E-state index contributed by atoms with van der Waals surface area (Å²) in [6.45, 7) is 1.69. The summed E-state index contributed by atoms with van der Waals surface area (Å²) in [6, 6.07) is 13.6. The second kappa shape index (κ2) is 6.95. The number of carbonyl (C=O) groups excluding carboxylic acids is 1. The Hall–Kier alpha value is -2.50. The van der Waals surface area contributed by atoms with Crippen molar-refractivity contribution < 1.29 is 14.1 Å². The van der Waals surface area contributed by atoms with Crippen LogP contribution in [0, 0.1) is 6.92 Å². The van der Waals surface area contributed by atoms with Crippen LogP contribution in [0.2, 0.25) is 10.0 Å². The maximum Gasteiger partial charge on any atom is 0.417 e. The summed E-state index contributed by atoms with van der Waals surface area (Å²) in [6.07, 6.45) is -0.670. The molecular weight excluding hydrogens is 351 g/mol. The minimum absolute atomic E-state index is 0.366. The van der Waals surface area contributed by atoms with E-state index >= 15 is 0 Å². The number of hydrogen-bond donors (Lipinski definition) is 1. The van der Waals surface area contributed by atoms with E-state index in [1.54, 1.807) is 49.4 Å². The molecule has 0 radical (unpaired) electrons. The van der Waals surface area contributed by atoms with E-state index in [1.165, 1.54) is 0 Å². The number of aromatic nitrogens is 1. The number of carbonyl (C=O) groups is 1. The van der Waals surface area contributed by atoms with Crippen molar-refractivity contribution in [2.45, 2.75) is 6.92 Å². The monoisotopic (exact) mass is 362 g/mol. The quantitative estimate of drug-likeness (QED) is 0.661. The Kier molecular flexibility index (Phi) is 4.74. The SMILES string of the molecule is Cc1onc(-c2ccccc2Cl)c1NC(=O)Oc1ccc(Cl)cc1. The molecule has 0 fully saturated rings. The zero-order valence-corrected chi connectivity index (χ0v) is 14.1. The molecule has 24 heavy (non-hydrogen) atoms. The van der Waals surface area contributed by atoms with Gasteiger partial charge in [-0.05, 0) is 37.3 Å². The highest BCUT2D eigenvalue weighted by atomic mass is 35.5. The smallest absolute Gasteiger partial charge is 0.410 e. The van der Waals surface area contributed by atoms with Crippen LogP contribution in [-0.2, 0) is 0 Å². The number of anilines is 1. The Balaban J connectivity index is 1.83. The predicted octanol–water partition coefficient (Wildman–Crippen LogP) is 5.57. The maximum atomic E-state index is 12.1. The fourth-order valence-corrected chi connectivity index (χ4v) is 2.44. The topological polar surface area (TPSA) is 64.4 Å². The first-order valence-corrected chi connectivity index (χ1v) is 7.76. The van der Waals surface area contributed by atoms with Gasteiger partial charge in [-0.25, -0.2) is 4.79 Å². The molecular formula is C17H12Cl2N2O3. The first kappa shape index (κ1) is 16.4. The highest BCUT2D eigenvalue weighted by Gasteiger charge is 2.19. The van der Waals surface area contributed by atoms with Crippen molar-refractivity contribution in [2.24, 2.45) is 0 Å². The number of rotatable bonds is 3. The Morgan fingerprint density at radius 1 is 1.12 bits per heavy atom. The van der Waals surface area contributed by atoms with E-state index in [1.807, 2.05) is 6.07 Å².